The molecule has 7 nitrogen and oxygen atoms in total. The van der Waals surface area contributed by atoms with Crippen LogP contribution in [-0.4, -0.2) is 23.6 Å². The molecule has 0 saturated carbocycles. The van der Waals surface area contributed by atoms with E-state index in [1.54, 1.807) is 36.0 Å². The number of rotatable bonds is 6. The monoisotopic (exact) mass is 450 g/mol. The fourth-order valence-corrected chi connectivity index (χ4v) is 4.48. The molecule has 2 aromatic carbocycles. The Morgan fingerprint density at radius 1 is 1.17 bits per heavy atom. The lowest BCUT2D eigenvalue weighted by atomic mass is 10.1. The number of anilines is 1. The number of benzene rings is 2. The highest BCUT2D eigenvalue weighted by Crippen LogP contribution is 2.36. The summed E-state index contributed by atoms with van der Waals surface area (Å²) in [5.74, 6) is -0.628. The summed E-state index contributed by atoms with van der Waals surface area (Å²) in [6.07, 6.45) is 4.69. The van der Waals surface area contributed by atoms with Crippen LogP contribution in [0, 0.1) is 5.82 Å². The maximum absolute atomic E-state index is 14.6. The summed E-state index contributed by atoms with van der Waals surface area (Å²) in [6, 6.07) is 8.25. The van der Waals surface area contributed by atoms with Crippen molar-refractivity contribution in [2.24, 2.45) is 0 Å². The Morgan fingerprint density at radius 2 is 2.00 bits per heavy atom. The maximum Gasteiger partial charge on any atom is 0.263 e. The van der Waals surface area contributed by atoms with Crippen LogP contribution in [-0.2, 0) is 10.0 Å². The number of thiazole rings is 1. The highest BCUT2D eigenvalue weighted by Gasteiger charge is 2.19. The molecule has 0 aliphatic carbocycles. The van der Waals surface area contributed by atoms with E-state index in [9.17, 15) is 12.8 Å². The number of aromatic nitrogens is 3. The Hall–Kier alpha value is -2.95. The molecule has 148 valence electrons. The van der Waals surface area contributed by atoms with Gasteiger partial charge in [0.1, 0.15) is 5.75 Å². The van der Waals surface area contributed by atoms with E-state index in [2.05, 4.69) is 19.9 Å². The minimum Gasteiger partial charge on any atom is -0.454 e. The number of ether oxygens (including phenoxy) is 1. The molecule has 0 unspecified atom stereocenters. The van der Waals surface area contributed by atoms with Crippen LogP contribution >= 0.6 is 22.9 Å². The summed E-state index contributed by atoms with van der Waals surface area (Å²) in [4.78, 5) is 3.61. The fraction of sp³-hybridized carbons (Fsp3) is 0. The fourth-order valence-electron chi connectivity index (χ4n) is 2.51. The summed E-state index contributed by atoms with van der Waals surface area (Å²) in [7, 11) is -3.97. The molecule has 2 heterocycles. The zero-order chi connectivity index (χ0) is 20.4. The van der Waals surface area contributed by atoms with Crippen LogP contribution in [0.3, 0.4) is 0 Å². The van der Waals surface area contributed by atoms with Crippen LogP contribution in [0.1, 0.15) is 0 Å². The topological polar surface area (TPSA) is 97.0 Å². The maximum atomic E-state index is 14.6. The van der Waals surface area contributed by atoms with Crippen LogP contribution in [0.2, 0.25) is 5.02 Å². The zero-order valence-corrected chi connectivity index (χ0v) is 16.9. The molecule has 0 aliphatic heterocycles. The number of hydrogen-bond acceptors (Lipinski definition) is 6. The summed E-state index contributed by atoms with van der Waals surface area (Å²) >= 11 is 7.18. The van der Waals surface area contributed by atoms with Crippen molar-refractivity contribution in [3.63, 3.8) is 0 Å². The number of nitrogens with one attached hydrogen (secondary N) is 2. The molecule has 0 spiro atoms. The summed E-state index contributed by atoms with van der Waals surface area (Å²) < 4.78 is 47.4. The first-order valence-corrected chi connectivity index (χ1v) is 10.8. The van der Waals surface area contributed by atoms with Gasteiger partial charge in [-0.3, -0.25) is 9.82 Å². The number of hydrogen-bond donors (Lipinski definition) is 2. The molecule has 0 bridgehead atoms. The van der Waals surface area contributed by atoms with Gasteiger partial charge < -0.3 is 4.74 Å². The minimum atomic E-state index is -3.97. The van der Waals surface area contributed by atoms with E-state index in [0.717, 1.165) is 17.4 Å². The number of halogens is 2. The lowest BCUT2D eigenvalue weighted by Crippen LogP contribution is -2.13. The van der Waals surface area contributed by atoms with E-state index in [4.69, 9.17) is 16.3 Å². The predicted molar refractivity (Wildman–Crippen MR) is 108 cm³/mol. The van der Waals surface area contributed by atoms with Crippen molar-refractivity contribution in [2.45, 2.75) is 4.90 Å². The molecule has 4 rings (SSSR count). The first kappa shape index (κ1) is 19.4. The lowest BCUT2D eigenvalue weighted by Gasteiger charge is -2.12. The lowest BCUT2D eigenvalue weighted by molar-refractivity contribution is 0.442. The second-order valence-corrected chi connectivity index (χ2v) is 8.78. The van der Waals surface area contributed by atoms with Gasteiger partial charge in [0.05, 0.1) is 11.1 Å². The molecule has 0 amide bonds. The summed E-state index contributed by atoms with van der Waals surface area (Å²) in [5.41, 5.74) is 1.31. The van der Waals surface area contributed by atoms with Gasteiger partial charge >= 0.3 is 0 Å². The van der Waals surface area contributed by atoms with Crippen LogP contribution in [0.4, 0.5) is 9.52 Å². The standard InChI is InChI=1S/C18H12ClFN4O3S2/c19-12-1-3-16(14(7-12)11-9-22-23-10-11)27-17-4-2-13(8-15(17)20)29(25,26)24-18-21-5-6-28-18/h1-10H,(H,21,24)(H,22,23). The number of aromatic amines is 1. The van der Waals surface area contributed by atoms with Crippen LogP contribution < -0.4 is 9.46 Å². The SMILES string of the molecule is O=S(=O)(Nc1nccs1)c1ccc(Oc2ccc(Cl)cc2-c2cn[nH]c2)c(F)c1. The molecule has 2 aromatic heterocycles. The first-order valence-electron chi connectivity index (χ1n) is 8.11. The second-order valence-electron chi connectivity index (χ2n) is 5.76. The highest BCUT2D eigenvalue weighted by atomic mass is 35.5. The predicted octanol–water partition coefficient (Wildman–Crippen LogP) is 4.92. The highest BCUT2D eigenvalue weighted by molar-refractivity contribution is 7.93. The molecule has 29 heavy (non-hydrogen) atoms. The molecule has 0 saturated heterocycles. The Morgan fingerprint density at radius 3 is 2.69 bits per heavy atom. The van der Waals surface area contributed by atoms with Gasteiger partial charge in [0, 0.05) is 33.9 Å². The van der Waals surface area contributed by atoms with E-state index in [1.807, 2.05) is 0 Å². The van der Waals surface area contributed by atoms with Gasteiger partial charge in [-0.1, -0.05) is 11.6 Å². The third-order valence-corrected chi connectivity index (χ3v) is 6.23. The quantitative estimate of drug-likeness (QED) is 0.434. The molecule has 0 aliphatic rings. The number of nitrogens with zero attached hydrogens (tertiary/aromatic N) is 2. The van der Waals surface area contributed by atoms with Crippen molar-refractivity contribution in [3.8, 4) is 22.6 Å². The van der Waals surface area contributed by atoms with Gasteiger partial charge in [-0.15, -0.1) is 11.3 Å². The average molecular weight is 451 g/mol. The Labute approximate surface area is 174 Å². The van der Waals surface area contributed by atoms with Crippen molar-refractivity contribution in [1.29, 1.82) is 0 Å². The molecule has 11 heteroatoms. The van der Waals surface area contributed by atoms with Crippen molar-refractivity contribution < 1.29 is 17.5 Å². The van der Waals surface area contributed by atoms with Gasteiger partial charge in [0.15, 0.2) is 16.7 Å². The summed E-state index contributed by atoms with van der Waals surface area (Å²) in [6.45, 7) is 0. The Bertz CT molecular complexity index is 1250. The van der Waals surface area contributed by atoms with Crippen LogP contribution in [0.5, 0.6) is 11.5 Å². The van der Waals surface area contributed by atoms with Gasteiger partial charge in [-0.05, 0) is 36.4 Å². The molecular formula is C18H12ClFN4O3S2. The second kappa shape index (κ2) is 7.82. The molecule has 0 radical (unpaired) electrons. The van der Waals surface area contributed by atoms with Crippen LogP contribution in [0.25, 0.3) is 11.1 Å². The van der Waals surface area contributed by atoms with Gasteiger partial charge in [0.25, 0.3) is 10.0 Å². The van der Waals surface area contributed by atoms with E-state index in [0.29, 0.717) is 21.9 Å². The first-order chi connectivity index (χ1) is 13.9. The molecule has 2 N–H and O–H groups in total. The third kappa shape index (κ3) is 4.24. The molecule has 4 aromatic rings. The van der Waals surface area contributed by atoms with E-state index in [-0.39, 0.29) is 15.8 Å². The number of sulfonamides is 1. The number of H-pyrrole nitrogens is 1. The van der Waals surface area contributed by atoms with Gasteiger partial charge in [-0.2, -0.15) is 5.10 Å². The largest absolute Gasteiger partial charge is 0.454 e. The van der Waals surface area contributed by atoms with Crippen molar-refractivity contribution >= 4 is 38.1 Å². The average Bonchev–Trinajstić information content (AvgIpc) is 3.38. The minimum absolute atomic E-state index is 0.134. The van der Waals surface area contributed by atoms with Crippen molar-refractivity contribution in [2.75, 3.05) is 4.72 Å². The van der Waals surface area contributed by atoms with Gasteiger partial charge in [-0.25, -0.2) is 17.8 Å². The third-order valence-electron chi connectivity index (χ3n) is 3.84. The van der Waals surface area contributed by atoms with Crippen molar-refractivity contribution in [3.05, 3.63) is 71.2 Å². The molecular weight excluding hydrogens is 439 g/mol. The van der Waals surface area contributed by atoms with Gasteiger partial charge in [0.2, 0.25) is 0 Å². The molecule has 0 fully saturated rings. The van der Waals surface area contributed by atoms with Crippen molar-refractivity contribution in [1.82, 2.24) is 15.2 Å². The Balaban J connectivity index is 1.63. The van der Waals surface area contributed by atoms with E-state index in [1.165, 1.54) is 18.3 Å². The summed E-state index contributed by atoms with van der Waals surface area (Å²) in [5, 5.41) is 8.87. The van der Waals surface area contributed by atoms with E-state index < -0.39 is 15.8 Å². The van der Waals surface area contributed by atoms with E-state index >= 15 is 0 Å². The zero-order valence-electron chi connectivity index (χ0n) is 14.5. The Kier molecular flexibility index (Phi) is 5.22. The molecule has 0 atom stereocenters. The normalized spacial score (nSPS) is 11.4. The smallest absolute Gasteiger partial charge is 0.263 e. The van der Waals surface area contributed by atoms with Crippen LogP contribution in [0.15, 0.2) is 65.3 Å².